The molecule has 96 valence electrons. The maximum Gasteiger partial charge on any atom is 0.230 e. The average Bonchev–Trinajstić information content (AvgIpc) is 2.72. The minimum absolute atomic E-state index is 0. The summed E-state index contributed by atoms with van der Waals surface area (Å²) in [5, 5.41) is 18.3. The number of allylic oxidation sites excluding steroid dienone is 2. The topological polar surface area (TPSA) is 99.6 Å². The molecule has 6 nitrogen and oxygen atoms in total. The zero-order valence-corrected chi connectivity index (χ0v) is 19.8. The van der Waals surface area contributed by atoms with Gasteiger partial charge in [0.25, 0.3) is 0 Å². The van der Waals surface area contributed by atoms with E-state index in [1.54, 1.807) is 0 Å². The van der Waals surface area contributed by atoms with Crippen LogP contribution in [0, 0.1) is 88.1 Å². The molecular formula is C11H11Ac2NO5. The van der Waals surface area contributed by atoms with Gasteiger partial charge in [-0.3, -0.25) is 9.59 Å². The van der Waals surface area contributed by atoms with Crippen molar-refractivity contribution in [3.05, 3.63) is 34.3 Å². The number of hydrogen-bond acceptors (Lipinski definition) is 5. The Morgan fingerprint density at radius 2 is 1.84 bits per heavy atom. The summed E-state index contributed by atoms with van der Waals surface area (Å²) in [7, 11) is 1.29. The van der Waals surface area contributed by atoms with E-state index < -0.39 is 18.2 Å². The van der Waals surface area contributed by atoms with Crippen molar-refractivity contribution in [1.82, 2.24) is 4.98 Å². The van der Waals surface area contributed by atoms with Crippen LogP contribution in [0.4, 0.5) is 0 Å². The van der Waals surface area contributed by atoms with Gasteiger partial charge in [0.1, 0.15) is 0 Å². The first-order valence-corrected chi connectivity index (χ1v) is 4.94. The zero-order chi connectivity index (χ0) is 12.6. The Morgan fingerprint density at radius 3 is 2.32 bits per heavy atom. The van der Waals surface area contributed by atoms with Crippen LogP contribution in [0.15, 0.2) is 11.8 Å². The number of Topliss-reactive ketones (excluding diaryl/α,β-unsaturated/α-hetero) is 1. The minimum atomic E-state index is -0.470. The third-order valence-corrected chi connectivity index (χ3v) is 2.69. The molecule has 0 saturated heterocycles. The molecule has 8 heteroatoms. The Kier molecular flexibility index (Phi) is 8.84. The quantitative estimate of drug-likeness (QED) is 0.412. The number of fused-ring (bicyclic) bond motifs is 1. The van der Waals surface area contributed by atoms with Gasteiger partial charge in [-0.1, -0.05) is 0 Å². The van der Waals surface area contributed by atoms with Gasteiger partial charge in [0, 0.05) is 105 Å². The van der Waals surface area contributed by atoms with Crippen LogP contribution >= 0.6 is 0 Å². The van der Waals surface area contributed by atoms with Crippen molar-refractivity contribution in [3.63, 3.8) is 0 Å². The second kappa shape index (κ2) is 8.42. The molecule has 0 saturated carbocycles. The van der Waals surface area contributed by atoms with E-state index in [4.69, 9.17) is 9.84 Å². The minimum Gasteiger partial charge on any atom is -0.492 e. The van der Waals surface area contributed by atoms with Gasteiger partial charge in [-0.2, -0.15) is 0 Å². The van der Waals surface area contributed by atoms with Crippen LogP contribution in [0.3, 0.4) is 0 Å². The standard InChI is InChI=1S/C11H11NO5.2Ac/c1-17-8-2-7(15)10-9(11(8)16)5(3-13)6(4-14)12-10;;/h2,12-14H,3-4H2,1H3;;. The molecule has 0 bridgehead atoms. The second-order valence-corrected chi connectivity index (χ2v) is 3.55. The fraction of sp³-hybridized carbons (Fsp3) is 0.273. The molecule has 2 rings (SSSR count). The molecule has 1 heterocycles. The number of hydrogen-bond donors (Lipinski definition) is 3. The van der Waals surface area contributed by atoms with E-state index in [0.29, 0.717) is 0 Å². The first kappa shape index (κ1) is 20.0. The Balaban J connectivity index is 0.00000162. The number of ether oxygens (including phenoxy) is 1. The van der Waals surface area contributed by atoms with Crippen molar-refractivity contribution < 1.29 is 113 Å². The van der Waals surface area contributed by atoms with Crippen molar-refractivity contribution in [2.75, 3.05) is 7.11 Å². The largest absolute Gasteiger partial charge is 0.492 e. The van der Waals surface area contributed by atoms with E-state index in [2.05, 4.69) is 4.98 Å². The third-order valence-electron chi connectivity index (χ3n) is 2.69. The monoisotopic (exact) mass is 691 g/mol. The number of aromatic amines is 1. The Morgan fingerprint density at radius 1 is 1.21 bits per heavy atom. The number of aliphatic hydroxyl groups is 2. The summed E-state index contributed by atoms with van der Waals surface area (Å²) in [6.07, 6.45) is 1.09. The van der Waals surface area contributed by atoms with Crippen molar-refractivity contribution in [1.29, 1.82) is 0 Å². The summed E-state index contributed by atoms with van der Waals surface area (Å²) < 4.78 is 4.81. The molecule has 2 radical (unpaired) electrons. The molecule has 0 spiro atoms. The van der Waals surface area contributed by atoms with E-state index in [1.807, 2.05) is 0 Å². The molecule has 0 aromatic carbocycles. The molecular weight excluding hydrogens is 680 g/mol. The molecule has 19 heavy (non-hydrogen) atoms. The number of H-pyrrole nitrogens is 1. The van der Waals surface area contributed by atoms with Gasteiger partial charge in [-0.15, -0.1) is 0 Å². The maximum absolute atomic E-state index is 11.9. The smallest absolute Gasteiger partial charge is 0.230 e. The van der Waals surface area contributed by atoms with Crippen LogP contribution < -0.4 is 0 Å². The summed E-state index contributed by atoms with van der Waals surface area (Å²) in [5.41, 5.74) is 0.679. The van der Waals surface area contributed by atoms with Gasteiger partial charge in [0.05, 0.1) is 31.6 Å². The number of nitrogens with one attached hydrogen (secondary N) is 1. The van der Waals surface area contributed by atoms with Crippen LogP contribution in [0.2, 0.25) is 0 Å². The molecule has 1 aromatic heterocycles. The van der Waals surface area contributed by atoms with Gasteiger partial charge in [-0.05, 0) is 0 Å². The van der Waals surface area contributed by atoms with Crippen molar-refractivity contribution in [3.8, 4) is 0 Å². The molecule has 1 aromatic rings. The van der Waals surface area contributed by atoms with E-state index in [9.17, 15) is 14.7 Å². The van der Waals surface area contributed by atoms with Crippen LogP contribution in [0.25, 0.3) is 0 Å². The Hall–Kier alpha value is 0.963. The second-order valence-electron chi connectivity index (χ2n) is 3.55. The molecule has 0 amide bonds. The molecule has 0 unspecified atom stereocenters. The number of methoxy groups -OCH3 is 1. The van der Waals surface area contributed by atoms with Crippen LogP contribution in [-0.4, -0.2) is 33.9 Å². The van der Waals surface area contributed by atoms with Crippen LogP contribution in [0.5, 0.6) is 0 Å². The fourth-order valence-corrected chi connectivity index (χ4v) is 1.87. The predicted molar refractivity (Wildman–Crippen MR) is 56.4 cm³/mol. The Labute approximate surface area is 181 Å². The number of carbonyl (C=O) groups excluding carboxylic acids is 2. The molecule has 0 atom stereocenters. The SMILES string of the molecule is COC1=CC(=O)c2[nH]c(CO)c(CO)c2C1=O.[Ac].[Ac]. The number of ketones is 2. The summed E-state index contributed by atoms with van der Waals surface area (Å²) >= 11 is 0. The summed E-state index contributed by atoms with van der Waals surface area (Å²) in [6.45, 7) is -0.816. The molecule has 0 aliphatic heterocycles. The normalized spacial score (nSPS) is 13.1. The number of carbonyl (C=O) groups is 2. The molecule has 0 fully saturated rings. The first-order valence-electron chi connectivity index (χ1n) is 4.94. The van der Waals surface area contributed by atoms with Gasteiger partial charge < -0.3 is 19.9 Å². The van der Waals surface area contributed by atoms with Crippen molar-refractivity contribution >= 4 is 11.6 Å². The number of rotatable bonds is 3. The van der Waals surface area contributed by atoms with E-state index in [1.165, 1.54) is 7.11 Å². The van der Waals surface area contributed by atoms with Crippen LogP contribution in [-0.2, 0) is 18.0 Å². The molecule has 1 aliphatic rings. The predicted octanol–water partition coefficient (Wildman–Crippen LogP) is -0.0914. The number of aliphatic hydroxyl groups excluding tert-OH is 2. The average molecular weight is 691 g/mol. The van der Waals surface area contributed by atoms with Gasteiger partial charge in [-0.25, -0.2) is 0 Å². The van der Waals surface area contributed by atoms with Gasteiger partial charge in [0.2, 0.25) is 11.6 Å². The zero-order valence-electron chi connectivity index (χ0n) is 10.3. The van der Waals surface area contributed by atoms with Gasteiger partial charge in [0.15, 0.2) is 5.76 Å². The summed E-state index contributed by atoms with van der Waals surface area (Å²) in [6, 6.07) is 0. The van der Waals surface area contributed by atoms with Crippen LogP contribution in [0.1, 0.15) is 32.1 Å². The van der Waals surface area contributed by atoms with Crippen molar-refractivity contribution in [2.24, 2.45) is 0 Å². The molecule has 1 aliphatic carbocycles. The third kappa shape index (κ3) is 3.59. The summed E-state index contributed by atoms with van der Waals surface area (Å²) in [4.78, 5) is 26.3. The number of aromatic nitrogens is 1. The Bertz CT molecular complexity index is 535. The fourth-order valence-electron chi connectivity index (χ4n) is 1.87. The van der Waals surface area contributed by atoms with Crippen molar-refractivity contribution in [2.45, 2.75) is 13.2 Å². The molecule has 3 N–H and O–H groups in total. The van der Waals surface area contributed by atoms with E-state index >= 15 is 0 Å². The van der Waals surface area contributed by atoms with E-state index in [0.717, 1.165) is 6.08 Å². The maximum atomic E-state index is 11.9. The summed E-state index contributed by atoms with van der Waals surface area (Å²) in [5.74, 6) is -0.950. The van der Waals surface area contributed by atoms with Gasteiger partial charge >= 0.3 is 0 Å². The van der Waals surface area contributed by atoms with E-state index in [-0.39, 0.29) is 123 Å². The first-order chi connectivity index (χ1) is 8.13.